The molecule has 0 aliphatic carbocycles. The lowest BCUT2D eigenvalue weighted by Gasteiger charge is -2.15. The molecule has 0 bridgehead atoms. The van der Waals surface area contributed by atoms with Crippen LogP contribution < -0.4 is 5.32 Å². The van der Waals surface area contributed by atoms with E-state index in [1.807, 2.05) is 11.7 Å². The molecule has 3 nitrogen and oxygen atoms in total. The van der Waals surface area contributed by atoms with Crippen LogP contribution in [0.3, 0.4) is 0 Å². The Morgan fingerprint density at radius 1 is 1.32 bits per heavy atom. The number of hydrogen-bond donors (Lipinski definition) is 1. The van der Waals surface area contributed by atoms with Crippen LogP contribution in [-0.4, -0.2) is 15.8 Å². The number of aromatic nitrogens is 2. The largest absolute Gasteiger partial charge is 0.379 e. The van der Waals surface area contributed by atoms with Crippen LogP contribution in [0.5, 0.6) is 0 Å². The molecule has 0 radical (unpaired) electrons. The highest BCUT2D eigenvalue weighted by atomic mass is 79.9. The Morgan fingerprint density at radius 2 is 2.00 bits per heavy atom. The van der Waals surface area contributed by atoms with E-state index in [1.54, 1.807) is 0 Å². The molecule has 4 heteroatoms. The van der Waals surface area contributed by atoms with E-state index in [1.165, 1.54) is 5.56 Å². The van der Waals surface area contributed by atoms with E-state index in [0.717, 1.165) is 28.7 Å². The number of rotatable bonds is 5. The average molecular weight is 322 g/mol. The summed E-state index contributed by atoms with van der Waals surface area (Å²) in [4.78, 5) is 0. The fourth-order valence-electron chi connectivity index (χ4n) is 2.21. The van der Waals surface area contributed by atoms with Crippen molar-refractivity contribution in [3.8, 4) is 0 Å². The van der Waals surface area contributed by atoms with Crippen LogP contribution in [0.15, 0.2) is 34.9 Å². The van der Waals surface area contributed by atoms with Crippen molar-refractivity contribution in [1.82, 2.24) is 9.78 Å². The highest BCUT2D eigenvalue weighted by Gasteiger charge is 2.09. The maximum absolute atomic E-state index is 4.45. The molecule has 0 aliphatic heterocycles. The third-order valence-electron chi connectivity index (χ3n) is 3.10. The van der Waals surface area contributed by atoms with Gasteiger partial charge in [0.2, 0.25) is 0 Å². The first-order valence-electron chi connectivity index (χ1n) is 6.62. The first kappa shape index (κ1) is 14.1. The predicted octanol–water partition coefficient (Wildman–Crippen LogP) is 3.79. The maximum atomic E-state index is 4.45. The van der Waals surface area contributed by atoms with Gasteiger partial charge in [0.1, 0.15) is 0 Å². The second kappa shape index (κ2) is 6.24. The van der Waals surface area contributed by atoms with Gasteiger partial charge in [-0.05, 0) is 37.5 Å². The molecule has 1 N–H and O–H groups in total. The highest BCUT2D eigenvalue weighted by molar-refractivity contribution is 9.10. The minimum atomic E-state index is 0.385. The molecule has 0 spiro atoms. The van der Waals surface area contributed by atoms with Crippen LogP contribution in [0.25, 0.3) is 0 Å². The lowest BCUT2D eigenvalue weighted by Crippen LogP contribution is -2.18. The lowest BCUT2D eigenvalue weighted by atomic mass is 10.1. The van der Waals surface area contributed by atoms with Crippen LogP contribution >= 0.6 is 15.9 Å². The molecular formula is C15H20BrN3. The summed E-state index contributed by atoms with van der Waals surface area (Å²) in [6.07, 6.45) is 4.01. The number of aryl methyl sites for hydroxylation is 2. The molecule has 1 atom stereocenters. The van der Waals surface area contributed by atoms with Crippen molar-refractivity contribution in [2.75, 3.05) is 5.32 Å². The molecule has 1 aromatic carbocycles. The predicted molar refractivity (Wildman–Crippen MR) is 83.5 cm³/mol. The van der Waals surface area contributed by atoms with Crippen molar-refractivity contribution < 1.29 is 0 Å². The zero-order valence-electron chi connectivity index (χ0n) is 11.7. The second-order valence-corrected chi connectivity index (χ2v) is 5.81. The number of hydrogen-bond acceptors (Lipinski definition) is 2. The molecule has 102 valence electrons. The van der Waals surface area contributed by atoms with Crippen LogP contribution in [0, 0.1) is 0 Å². The molecule has 1 heterocycles. The highest BCUT2D eigenvalue weighted by Crippen LogP contribution is 2.17. The van der Waals surface area contributed by atoms with Gasteiger partial charge in [0.15, 0.2) is 0 Å². The van der Waals surface area contributed by atoms with Gasteiger partial charge in [-0.3, -0.25) is 4.68 Å². The minimum absolute atomic E-state index is 0.385. The monoisotopic (exact) mass is 321 g/mol. The number of benzene rings is 1. The summed E-state index contributed by atoms with van der Waals surface area (Å²) in [6, 6.07) is 8.88. The Hall–Kier alpha value is -1.29. The van der Waals surface area contributed by atoms with Crippen LogP contribution in [0.4, 0.5) is 5.69 Å². The third-order valence-corrected chi connectivity index (χ3v) is 3.63. The number of halogens is 1. The number of nitrogens with zero attached hydrogens (tertiary/aromatic N) is 2. The molecular weight excluding hydrogens is 302 g/mol. The average Bonchev–Trinajstić information content (AvgIpc) is 2.72. The van der Waals surface area contributed by atoms with Gasteiger partial charge in [0.25, 0.3) is 0 Å². The summed E-state index contributed by atoms with van der Waals surface area (Å²) in [5.74, 6) is 0. The zero-order valence-corrected chi connectivity index (χ0v) is 13.2. The van der Waals surface area contributed by atoms with Gasteiger partial charge in [-0.2, -0.15) is 5.10 Å². The summed E-state index contributed by atoms with van der Waals surface area (Å²) < 4.78 is 2.99. The van der Waals surface area contributed by atoms with Crippen LogP contribution in [-0.2, 0) is 19.9 Å². The number of anilines is 1. The van der Waals surface area contributed by atoms with E-state index in [-0.39, 0.29) is 0 Å². The summed E-state index contributed by atoms with van der Waals surface area (Å²) in [5, 5.41) is 8.00. The third kappa shape index (κ3) is 3.83. The molecule has 2 aromatic rings. The van der Waals surface area contributed by atoms with Crippen LogP contribution in [0.1, 0.15) is 25.1 Å². The standard InChI is InChI=1S/C15H20BrN3/c1-4-14-15(10-19(3)18-14)17-11(2)9-12-5-7-13(16)8-6-12/h5-8,10-11,17H,4,9H2,1-3H3. The van der Waals surface area contributed by atoms with E-state index in [9.17, 15) is 0 Å². The zero-order chi connectivity index (χ0) is 13.8. The van der Waals surface area contributed by atoms with E-state index < -0.39 is 0 Å². The first-order chi connectivity index (χ1) is 9.08. The van der Waals surface area contributed by atoms with Gasteiger partial charge in [0, 0.05) is 23.8 Å². The van der Waals surface area contributed by atoms with E-state index in [0.29, 0.717) is 6.04 Å². The Balaban J connectivity index is 2.00. The Labute approximate surface area is 123 Å². The normalized spacial score (nSPS) is 12.4. The fraction of sp³-hybridized carbons (Fsp3) is 0.400. The molecule has 0 saturated heterocycles. The van der Waals surface area contributed by atoms with Gasteiger partial charge < -0.3 is 5.32 Å². The Bertz CT molecular complexity index is 531. The van der Waals surface area contributed by atoms with E-state index in [4.69, 9.17) is 0 Å². The molecule has 1 unspecified atom stereocenters. The summed E-state index contributed by atoms with van der Waals surface area (Å²) in [6.45, 7) is 4.33. The van der Waals surface area contributed by atoms with Gasteiger partial charge >= 0.3 is 0 Å². The summed E-state index contributed by atoms with van der Waals surface area (Å²) in [5.41, 5.74) is 3.62. The van der Waals surface area contributed by atoms with Crippen molar-refractivity contribution in [1.29, 1.82) is 0 Å². The molecule has 0 amide bonds. The van der Waals surface area contributed by atoms with Crippen molar-refractivity contribution in [2.24, 2.45) is 7.05 Å². The summed E-state index contributed by atoms with van der Waals surface area (Å²) in [7, 11) is 1.96. The van der Waals surface area contributed by atoms with Crippen molar-refractivity contribution >= 4 is 21.6 Å². The molecule has 1 aromatic heterocycles. The van der Waals surface area contributed by atoms with Crippen LogP contribution in [0.2, 0.25) is 0 Å². The topological polar surface area (TPSA) is 29.9 Å². The lowest BCUT2D eigenvalue weighted by molar-refractivity contribution is 0.746. The number of nitrogens with one attached hydrogen (secondary N) is 1. The fourth-order valence-corrected chi connectivity index (χ4v) is 2.47. The van der Waals surface area contributed by atoms with Crippen molar-refractivity contribution in [3.63, 3.8) is 0 Å². The molecule has 0 saturated carbocycles. The van der Waals surface area contributed by atoms with Gasteiger partial charge in [-0.1, -0.05) is 35.0 Å². The van der Waals surface area contributed by atoms with Gasteiger partial charge in [0.05, 0.1) is 11.4 Å². The molecule has 19 heavy (non-hydrogen) atoms. The SMILES string of the molecule is CCc1nn(C)cc1NC(C)Cc1ccc(Br)cc1. The van der Waals surface area contributed by atoms with E-state index >= 15 is 0 Å². The van der Waals surface area contributed by atoms with Crippen molar-refractivity contribution in [2.45, 2.75) is 32.7 Å². The Kier molecular flexibility index (Phi) is 4.64. The molecule has 0 aliphatic rings. The van der Waals surface area contributed by atoms with Gasteiger partial charge in [-0.25, -0.2) is 0 Å². The Morgan fingerprint density at radius 3 is 2.63 bits per heavy atom. The maximum Gasteiger partial charge on any atom is 0.0853 e. The van der Waals surface area contributed by atoms with Crippen molar-refractivity contribution in [3.05, 3.63) is 46.2 Å². The van der Waals surface area contributed by atoms with E-state index in [2.05, 4.69) is 70.7 Å². The minimum Gasteiger partial charge on any atom is -0.379 e. The first-order valence-corrected chi connectivity index (χ1v) is 7.41. The smallest absolute Gasteiger partial charge is 0.0853 e. The quantitative estimate of drug-likeness (QED) is 0.908. The summed E-state index contributed by atoms with van der Waals surface area (Å²) >= 11 is 3.46. The molecule has 2 rings (SSSR count). The molecule has 0 fully saturated rings. The second-order valence-electron chi connectivity index (χ2n) is 4.89. The van der Waals surface area contributed by atoms with Gasteiger partial charge in [-0.15, -0.1) is 0 Å².